The van der Waals surface area contributed by atoms with Crippen LogP contribution in [0.3, 0.4) is 0 Å². The normalized spacial score (nSPS) is 21.0. The Kier molecular flexibility index (Phi) is 7.88. The molecule has 0 aromatic heterocycles. The van der Waals surface area contributed by atoms with E-state index in [4.69, 9.17) is 14.2 Å². The summed E-state index contributed by atoms with van der Waals surface area (Å²) in [5, 5.41) is 2.95. The third-order valence-electron chi connectivity index (χ3n) is 4.82. The van der Waals surface area contributed by atoms with Gasteiger partial charge in [-0.1, -0.05) is 24.3 Å². The number of nitrogens with one attached hydrogen (secondary N) is 1. The van der Waals surface area contributed by atoms with Gasteiger partial charge in [-0.2, -0.15) is 0 Å². The molecule has 2 saturated heterocycles. The molecule has 0 radical (unpaired) electrons. The standard InChI is InChI=1S/C20H30N2O4/c23-20(7-11-25-16-19-2-1-10-26-19)21-14-17-3-5-18(6-4-17)15-22-8-12-24-13-9-22/h3-6,19H,1-2,7-16H2,(H,21,23). The minimum atomic E-state index is 0.0229. The molecule has 144 valence electrons. The number of hydrogen-bond acceptors (Lipinski definition) is 5. The summed E-state index contributed by atoms with van der Waals surface area (Å²) in [4.78, 5) is 14.3. The molecule has 1 aromatic carbocycles. The van der Waals surface area contributed by atoms with Crippen LogP contribution in [0.15, 0.2) is 24.3 Å². The number of benzene rings is 1. The van der Waals surface area contributed by atoms with Crippen LogP contribution >= 0.6 is 0 Å². The Morgan fingerprint density at radius 3 is 2.65 bits per heavy atom. The maximum atomic E-state index is 11.9. The fraction of sp³-hybridized carbons (Fsp3) is 0.650. The molecule has 1 N–H and O–H groups in total. The summed E-state index contributed by atoms with van der Waals surface area (Å²) in [7, 11) is 0. The number of morpholine rings is 1. The van der Waals surface area contributed by atoms with Crippen LogP contribution < -0.4 is 5.32 Å². The van der Waals surface area contributed by atoms with Gasteiger partial charge in [-0.3, -0.25) is 9.69 Å². The lowest BCUT2D eigenvalue weighted by Gasteiger charge is -2.26. The van der Waals surface area contributed by atoms with E-state index in [1.807, 2.05) is 0 Å². The van der Waals surface area contributed by atoms with E-state index in [2.05, 4.69) is 34.5 Å². The molecular formula is C20H30N2O4. The molecule has 1 aromatic rings. The van der Waals surface area contributed by atoms with E-state index in [1.54, 1.807) is 0 Å². The second-order valence-corrected chi connectivity index (χ2v) is 6.94. The summed E-state index contributed by atoms with van der Waals surface area (Å²) in [5.41, 5.74) is 2.41. The number of hydrogen-bond donors (Lipinski definition) is 1. The summed E-state index contributed by atoms with van der Waals surface area (Å²) in [6, 6.07) is 8.46. The van der Waals surface area contributed by atoms with Crippen LogP contribution in [0.4, 0.5) is 0 Å². The van der Waals surface area contributed by atoms with Crippen molar-refractivity contribution < 1.29 is 19.0 Å². The molecule has 1 atom stereocenters. The van der Waals surface area contributed by atoms with Crippen molar-refractivity contribution in [1.29, 1.82) is 0 Å². The molecular weight excluding hydrogens is 332 g/mol. The summed E-state index contributed by atoms with van der Waals surface area (Å²) in [6.07, 6.45) is 2.78. The average molecular weight is 362 g/mol. The van der Waals surface area contributed by atoms with Gasteiger partial charge in [0, 0.05) is 39.2 Å². The highest BCUT2D eigenvalue weighted by molar-refractivity contribution is 5.75. The summed E-state index contributed by atoms with van der Waals surface area (Å²) >= 11 is 0. The highest BCUT2D eigenvalue weighted by atomic mass is 16.5. The first-order valence-electron chi connectivity index (χ1n) is 9.63. The molecule has 0 spiro atoms. The molecule has 26 heavy (non-hydrogen) atoms. The van der Waals surface area contributed by atoms with E-state index in [0.717, 1.165) is 57.9 Å². The second kappa shape index (κ2) is 10.6. The van der Waals surface area contributed by atoms with Crippen LogP contribution in [0.5, 0.6) is 0 Å². The zero-order chi connectivity index (χ0) is 18.0. The van der Waals surface area contributed by atoms with E-state index in [1.165, 1.54) is 5.56 Å². The Balaban J connectivity index is 1.29. The van der Waals surface area contributed by atoms with Crippen molar-refractivity contribution in [2.24, 2.45) is 0 Å². The van der Waals surface area contributed by atoms with Crippen LogP contribution in [0.2, 0.25) is 0 Å². The van der Waals surface area contributed by atoms with E-state index < -0.39 is 0 Å². The molecule has 2 aliphatic heterocycles. The Hall–Kier alpha value is -1.47. The average Bonchev–Trinajstić information content (AvgIpc) is 3.19. The van der Waals surface area contributed by atoms with Gasteiger partial charge in [0.2, 0.25) is 5.91 Å². The van der Waals surface area contributed by atoms with Crippen molar-refractivity contribution in [3.05, 3.63) is 35.4 Å². The van der Waals surface area contributed by atoms with Gasteiger partial charge in [0.1, 0.15) is 0 Å². The minimum absolute atomic E-state index is 0.0229. The Morgan fingerprint density at radius 1 is 1.15 bits per heavy atom. The Labute approximate surface area is 155 Å². The molecule has 0 saturated carbocycles. The van der Waals surface area contributed by atoms with Gasteiger partial charge >= 0.3 is 0 Å². The van der Waals surface area contributed by atoms with Gasteiger partial charge < -0.3 is 19.5 Å². The molecule has 0 aliphatic carbocycles. The van der Waals surface area contributed by atoms with Crippen molar-refractivity contribution >= 4 is 5.91 Å². The first-order chi connectivity index (χ1) is 12.8. The van der Waals surface area contributed by atoms with Gasteiger partial charge in [0.05, 0.1) is 32.5 Å². The maximum absolute atomic E-state index is 11.9. The summed E-state index contributed by atoms with van der Waals surface area (Å²) < 4.78 is 16.4. The van der Waals surface area contributed by atoms with E-state index in [9.17, 15) is 4.79 Å². The molecule has 3 rings (SSSR count). The van der Waals surface area contributed by atoms with E-state index >= 15 is 0 Å². The first kappa shape index (κ1) is 19.3. The molecule has 1 unspecified atom stereocenters. The van der Waals surface area contributed by atoms with Crippen molar-refractivity contribution in [2.45, 2.75) is 38.5 Å². The third-order valence-corrected chi connectivity index (χ3v) is 4.82. The number of amides is 1. The fourth-order valence-electron chi connectivity index (χ4n) is 3.22. The topological polar surface area (TPSA) is 60.0 Å². The molecule has 1 amide bonds. The molecule has 6 nitrogen and oxygen atoms in total. The lowest BCUT2D eigenvalue weighted by molar-refractivity contribution is -0.122. The molecule has 6 heteroatoms. The van der Waals surface area contributed by atoms with Gasteiger partial charge in [-0.05, 0) is 24.0 Å². The Bertz CT molecular complexity index is 537. The minimum Gasteiger partial charge on any atom is -0.379 e. The number of nitrogens with zero attached hydrogens (tertiary/aromatic N) is 1. The number of carbonyl (C=O) groups excluding carboxylic acids is 1. The smallest absolute Gasteiger partial charge is 0.222 e. The lowest BCUT2D eigenvalue weighted by Crippen LogP contribution is -2.35. The van der Waals surface area contributed by atoms with E-state index in [0.29, 0.717) is 26.2 Å². The third kappa shape index (κ3) is 6.68. The summed E-state index contributed by atoms with van der Waals surface area (Å²) in [5.74, 6) is 0.0229. The van der Waals surface area contributed by atoms with Gasteiger partial charge in [0.15, 0.2) is 0 Å². The SMILES string of the molecule is O=C(CCOCC1CCCO1)NCc1ccc(CN2CCOCC2)cc1. The van der Waals surface area contributed by atoms with E-state index in [-0.39, 0.29) is 12.0 Å². The zero-order valence-electron chi connectivity index (χ0n) is 15.5. The number of ether oxygens (including phenoxy) is 3. The van der Waals surface area contributed by atoms with Crippen LogP contribution in [-0.2, 0) is 32.1 Å². The van der Waals surface area contributed by atoms with Crippen LogP contribution in [0.25, 0.3) is 0 Å². The highest BCUT2D eigenvalue weighted by Gasteiger charge is 2.15. The first-order valence-corrected chi connectivity index (χ1v) is 9.63. The number of rotatable bonds is 9. The monoisotopic (exact) mass is 362 g/mol. The van der Waals surface area contributed by atoms with Gasteiger partial charge in [-0.25, -0.2) is 0 Å². The van der Waals surface area contributed by atoms with Crippen LogP contribution in [0.1, 0.15) is 30.4 Å². The van der Waals surface area contributed by atoms with Crippen LogP contribution in [-0.4, -0.2) is 63.0 Å². The molecule has 0 bridgehead atoms. The predicted molar refractivity (Wildman–Crippen MR) is 98.8 cm³/mol. The highest BCUT2D eigenvalue weighted by Crippen LogP contribution is 2.12. The largest absolute Gasteiger partial charge is 0.379 e. The quantitative estimate of drug-likeness (QED) is 0.678. The van der Waals surface area contributed by atoms with Gasteiger partial charge in [0.25, 0.3) is 0 Å². The maximum Gasteiger partial charge on any atom is 0.222 e. The summed E-state index contributed by atoms with van der Waals surface area (Å²) in [6.45, 7) is 7.02. The number of carbonyl (C=O) groups is 1. The lowest BCUT2D eigenvalue weighted by atomic mass is 10.1. The van der Waals surface area contributed by atoms with Gasteiger partial charge in [-0.15, -0.1) is 0 Å². The van der Waals surface area contributed by atoms with Crippen molar-refractivity contribution in [3.63, 3.8) is 0 Å². The predicted octanol–water partition coefficient (Wildman–Crippen LogP) is 1.72. The van der Waals surface area contributed by atoms with Crippen molar-refractivity contribution in [2.75, 3.05) is 46.1 Å². The molecule has 2 heterocycles. The zero-order valence-corrected chi connectivity index (χ0v) is 15.5. The fourth-order valence-corrected chi connectivity index (χ4v) is 3.22. The van der Waals surface area contributed by atoms with Crippen LogP contribution in [0, 0.1) is 0 Å². The Morgan fingerprint density at radius 2 is 1.92 bits per heavy atom. The second-order valence-electron chi connectivity index (χ2n) is 6.94. The molecule has 2 aliphatic rings. The van der Waals surface area contributed by atoms with Crippen molar-refractivity contribution in [3.8, 4) is 0 Å². The molecule has 2 fully saturated rings. The van der Waals surface area contributed by atoms with Crippen molar-refractivity contribution in [1.82, 2.24) is 10.2 Å².